The lowest BCUT2D eigenvalue weighted by Crippen LogP contribution is -2.23. The van der Waals surface area contributed by atoms with Gasteiger partial charge in [-0.1, -0.05) is 18.2 Å². The zero-order valence-electron chi connectivity index (χ0n) is 15.6. The van der Waals surface area contributed by atoms with Gasteiger partial charge < -0.3 is 5.11 Å². The Kier molecular flexibility index (Phi) is 8.56. The molecule has 0 heterocycles. The first kappa shape index (κ1) is 30.2. The molecule has 0 aliphatic rings. The number of aromatic hydroxyl groups is 1. The molecule has 2 rings (SSSR count). The second-order valence-corrected chi connectivity index (χ2v) is 12.9. The van der Waals surface area contributed by atoms with Crippen LogP contribution in [0.3, 0.4) is 0 Å². The van der Waals surface area contributed by atoms with E-state index >= 15 is 0 Å². The zero-order valence-corrected chi connectivity index (χ0v) is 20.6. The van der Waals surface area contributed by atoms with E-state index in [1.807, 2.05) is 6.07 Å². The molecule has 0 spiro atoms. The van der Waals surface area contributed by atoms with Gasteiger partial charge in [0.1, 0.15) is 30.2 Å². The summed E-state index contributed by atoms with van der Waals surface area (Å²) in [5.74, 6) is 0.322. The molecule has 2 aromatic carbocycles. The molecule has 0 unspecified atom stereocenters. The van der Waals surface area contributed by atoms with Crippen molar-refractivity contribution >= 4 is 63.2 Å². The molecule has 0 radical (unpaired) electrons. The van der Waals surface area contributed by atoms with Gasteiger partial charge in [-0.2, -0.15) is 42.1 Å². The van der Waals surface area contributed by atoms with E-state index in [2.05, 4.69) is 12.6 Å². The van der Waals surface area contributed by atoms with Crippen molar-refractivity contribution in [3.05, 3.63) is 30.3 Å². The highest BCUT2D eigenvalue weighted by Crippen LogP contribution is 2.43. The van der Waals surface area contributed by atoms with Gasteiger partial charge in [0, 0.05) is 4.90 Å². The first-order valence-electron chi connectivity index (χ1n) is 7.46. The van der Waals surface area contributed by atoms with Crippen molar-refractivity contribution in [1.82, 2.24) is 0 Å². The summed E-state index contributed by atoms with van der Waals surface area (Å²) in [6.07, 6.45) is 0. The van der Waals surface area contributed by atoms with Crippen LogP contribution < -0.4 is 0 Å². The second-order valence-electron chi connectivity index (χ2n) is 5.71. The molecule has 0 bridgehead atoms. The summed E-state index contributed by atoms with van der Waals surface area (Å²) in [4.78, 5) is -14.4. The number of hydrogen-bond donors (Lipinski definition) is 7. The minimum atomic E-state index is -6.28. The van der Waals surface area contributed by atoms with E-state index in [0.717, 1.165) is 0 Å². The van der Waals surface area contributed by atoms with E-state index in [0.29, 0.717) is 5.75 Å². The molecule has 0 aliphatic heterocycles. The lowest BCUT2D eigenvalue weighted by atomic mass is 10.3. The second kappa shape index (κ2) is 9.65. The standard InChI is InChI=1S/C6H6O15S6.C6H6O/c7-23(8,9)2-1(22)3(24(10,11)12)5(26(16,17)18)6(27(19,20)21)4(2)25(13,14)15;7-6-4-2-1-3-5-6/h22H,(H,7,8,9)(H,10,11,12)(H,13,14,15)(H,16,17,18)(H,19,20,21);1-5,7H. The van der Waals surface area contributed by atoms with Crippen LogP contribution in [0.4, 0.5) is 0 Å². The smallest absolute Gasteiger partial charge is 0.297 e. The summed E-state index contributed by atoms with van der Waals surface area (Å²) >= 11 is 3.14. The Morgan fingerprint density at radius 2 is 0.706 bits per heavy atom. The van der Waals surface area contributed by atoms with E-state index in [4.69, 9.17) is 27.9 Å². The summed E-state index contributed by atoms with van der Waals surface area (Å²) < 4.78 is 160. The molecule has 0 aromatic heterocycles. The maximum atomic E-state index is 11.5. The minimum Gasteiger partial charge on any atom is -0.508 e. The van der Waals surface area contributed by atoms with Gasteiger partial charge in [0.15, 0.2) is 0 Å². The number of phenolic OH excluding ortho intramolecular Hbond substituents is 1. The van der Waals surface area contributed by atoms with Gasteiger partial charge >= 0.3 is 0 Å². The first-order chi connectivity index (χ1) is 14.9. The quantitative estimate of drug-likeness (QED) is 0.169. The lowest BCUT2D eigenvalue weighted by molar-refractivity contribution is 0.433. The van der Waals surface area contributed by atoms with E-state index in [9.17, 15) is 42.1 Å². The van der Waals surface area contributed by atoms with Crippen LogP contribution in [0.1, 0.15) is 0 Å². The van der Waals surface area contributed by atoms with Crippen molar-refractivity contribution in [3.63, 3.8) is 0 Å². The number of hydrogen-bond acceptors (Lipinski definition) is 12. The largest absolute Gasteiger partial charge is 0.508 e. The number of benzene rings is 2. The van der Waals surface area contributed by atoms with E-state index in [1.54, 1.807) is 24.3 Å². The molecule has 0 amide bonds. The van der Waals surface area contributed by atoms with Crippen molar-refractivity contribution in [2.75, 3.05) is 0 Å². The van der Waals surface area contributed by atoms with Crippen molar-refractivity contribution in [3.8, 4) is 5.75 Å². The molecule has 16 nitrogen and oxygen atoms in total. The third-order valence-corrected chi connectivity index (χ3v) is 9.19. The van der Waals surface area contributed by atoms with Crippen LogP contribution in [0.5, 0.6) is 5.75 Å². The molecule has 22 heteroatoms. The molecular formula is C12H12O16S6. The van der Waals surface area contributed by atoms with Gasteiger partial charge in [-0.05, 0) is 12.1 Å². The average Bonchev–Trinajstić information content (AvgIpc) is 2.56. The maximum absolute atomic E-state index is 11.5. The summed E-state index contributed by atoms with van der Waals surface area (Å²) in [6.45, 7) is 0. The topological polar surface area (TPSA) is 292 Å². The molecule has 0 atom stereocenters. The normalized spacial score (nSPS) is 13.1. The monoisotopic (exact) mass is 604 g/mol. The van der Waals surface area contributed by atoms with Crippen LogP contribution in [0.15, 0.2) is 59.7 Å². The Bertz CT molecular complexity index is 1560. The highest BCUT2D eigenvalue weighted by atomic mass is 32.2. The Balaban J connectivity index is 0.000000700. The van der Waals surface area contributed by atoms with E-state index in [-0.39, 0.29) is 0 Å². The highest BCUT2D eigenvalue weighted by molar-refractivity contribution is 7.93. The number of rotatable bonds is 5. The predicted octanol–water partition coefficient (Wildman–Crippen LogP) is -0.399. The summed E-state index contributed by atoms with van der Waals surface area (Å²) in [5.41, 5.74) is 0. The fraction of sp³-hybridized carbons (Fsp3) is 0. The highest BCUT2D eigenvalue weighted by Gasteiger charge is 2.45. The van der Waals surface area contributed by atoms with E-state index < -0.39 is 80.0 Å². The Hall–Kier alpha value is -1.86. The molecule has 34 heavy (non-hydrogen) atoms. The van der Waals surface area contributed by atoms with Crippen LogP contribution in [0.2, 0.25) is 0 Å². The molecule has 0 saturated carbocycles. The summed E-state index contributed by atoms with van der Waals surface area (Å²) in [6, 6.07) is 8.71. The van der Waals surface area contributed by atoms with Gasteiger partial charge in [-0.3, -0.25) is 22.8 Å². The molecule has 0 saturated heterocycles. The Morgan fingerprint density at radius 1 is 0.471 bits per heavy atom. The fourth-order valence-electron chi connectivity index (χ4n) is 2.24. The fourth-order valence-corrected chi connectivity index (χ4v) is 9.47. The van der Waals surface area contributed by atoms with Gasteiger partial charge in [0.05, 0.1) is 0 Å². The molecule has 0 aliphatic carbocycles. The van der Waals surface area contributed by atoms with Crippen molar-refractivity contribution in [2.24, 2.45) is 0 Å². The maximum Gasteiger partial charge on any atom is 0.297 e. The molecule has 2 aromatic rings. The van der Waals surface area contributed by atoms with Gasteiger partial charge in [-0.25, -0.2) is 0 Å². The van der Waals surface area contributed by atoms with Crippen molar-refractivity contribution in [2.45, 2.75) is 29.4 Å². The van der Waals surface area contributed by atoms with Crippen LogP contribution in [-0.2, 0) is 50.6 Å². The third-order valence-electron chi connectivity index (χ3n) is 3.30. The van der Waals surface area contributed by atoms with Crippen LogP contribution in [0, 0.1) is 0 Å². The minimum absolute atomic E-state index is 0.322. The van der Waals surface area contributed by atoms with Gasteiger partial charge in [0.2, 0.25) is 0 Å². The predicted molar refractivity (Wildman–Crippen MR) is 111 cm³/mol. The SMILES string of the molecule is O=S(=O)(O)c1c(S)c(S(=O)(=O)O)c(S(=O)(=O)O)c(S(=O)(=O)O)c1S(=O)(=O)O.Oc1ccccc1. The number of phenols is 1. The number of thiol groups is 1. The van der Waals surface area contributed by atoms with Crippen LogP contribution in [0.25, 0.3) is 0 Å². The van der Waals surface area contributed by atoms with Crippen molar-refractivity contribution < 1.29 is 70.0 Å². The van der Waals surface area contributed by atoms with Gasteiger partial charge in [-0.15, -0.1) is 12.6 Å². The summed E-state index contributed by atoms with van der Waals surface area (Å²) in [5, 5.41) is 8.63. The number of para-hydroxylation sites is 1. The van der Waals surface area contributed by atoms with Gasteiger partial charge in [0.25, 0.3) is 50.6 Å². The molecule has 192 valence electrons. The average molecular weight is 605 g/mol. The lowest BCUT2D eigenvalue weighted by Gasteiger charge is -2.17. The van der Waals surface area contributed by atoms with Crippen molar-refractivity contribution in [1.29, 1.82) is 0 Å². The Morgan fingerprint density at radius 3 is 0.882 bits per heavy atom. The Labute approximate surface area is 198 Å². The van der Waals surface area contributed by atoms with Crippen LogP contribution in [-0.4, -0.2) is 70.0 Å². The van der Waals surface area contributed by atoms with Crippen LogP contribution >= 0.6 is 12.6 Å². The zero-order chi connectivity index (χ0) is 27.1. The van der Waals surface area contributed by atoms with E-state index in [1.165, 1.54) is 0 Å². The molecule has 0 fully saturated rings. The summed E-state index contributed by atoms with van der Waals surface area (Å²) in [7, 11) is -30.7. The molecular weight excluding hydrogens is 593 g/mol. The first-order valence-corrected chi connectivity index (χ1v) is 15.1. The third kappa shape index (κ3) is 7.08. The molecule has 6 N–H and O–H groups in total.